The summed E-state index contributed by atoms with van der Waals surface area (Å²) in [4.78, 5) is 45.7. The molecule has 0 aliphatic carbocycles. The van der Waals surface area contributed by atoms with Gasteiger partial charge in [0, 0.05) is 37.2 Å². The zero-order valence-corrected chi connectivity index (χ0v) is 19.0. The molecule has 0 bridgehead atoms. The number of aromatic nitrogens is 1. The lowest BCUT2D eigenvalue weighted by Gasteiger charge is -2.36. The number of thiophene rings is 1. The lowest BCUT2D eigenvalue weighted by molar-refractivity contribution is -0.133. The van der Waals surface area contributed by atoms with Crippen molar-refractivity contribution in [3.05, 3.63) is 63.8 Å². The number of carbonyl (C=O) groups excluding carboxylic acids is 3. The van der Waals surface area contributed by atoms with Crippen LogP contribution in [0, 0.1) is 0 Å². The van der Waals surface area contributed by atoms with E-state index in [2.05, 4.69) is 32.7 Å². The van der Waals surface area contributed by atoms with Crippen LogP contribution in [-0.4, -0.2) is 60.3 Å². The van der Waals surface area contributed by atoms with Crippen molar-refractivity contribution in [3.8, 4) is 0 Å². The molecule has 4 rings (SSSR count). The Labute approximate surface area is 193 Å². The molecule has 166 valence electrons. The SMILES string of the molecule is O=C(Cc1csc(NC(=O)c2cccs2)n1)NCC(=O)N1CCN(c2ccccc2)CC1. The van der Waals surface area contributed by atoms with Gasteiger partial charge in [-0.05, 0) is 23.6 Å². The molecule has 32 heavy (non-hydrogen) atoms. The van der Waals surface area contributed by atoms with Crippen LogP contribution in [0.1, 0.15) is 15.4 Å². The summed E-state index contributed by atoms with van der Waals surface area (Å²) in [5.74, 6) is -0.584. The molecule has 1 aliphatic heterocycles. The fourth-order valence-corrected chi connectivity index (χ4v) is 4.70. The van der Waals surface area contributed by atoms with Crippen molar-refractivity contribution >= 4 is 51.2 Å². The van der Waals surface area contributed by atoms with Crippen LogP contribution in [0.3, 0.4) is 0 Å². The van der Waals surface area contributed by atoms with Crippen LogP contribution >= 0.6 is 22.7 Å². The second-order valence-electron chi connectivity index (χ2n) is 7.23. The van der Waals surface area contributed by atoms with Gasteiger partial charge in [-0.25, -0.2) is 4.98 Å². The van der Waals surface area contributed by atoms with E-state index >= 15 is 0 Å². The number of anilines is 2. The van der Waals surface area contributed by atoms with Gasteiger partial charge in [0.25, 0.3) is 5.91 Å². The lowest BCUT2D eigenvalue weighted by atomic mass is 10.2. The van der Waals surface area contributed by atoms with Gasteiger partial charge in [-0.3, -0.25) is 19.7 Å². The average molecular weight is 470 g/mol. The highest BCUT2D eigenvalue weighted by molar-refractivity contribution is 7.14. The Bertz CT molecular complexity index is 1060. The van der Waals surface area contributed by atoms with Crippen LogP contribution in [-0.2, 0) is 16.0 Å². The summed E-state index contributed by atoms with van der Waals surface area (Å²) in [5.41, 5.74) is 1.71. The van der Waals surface area contributed by atoms with Crippen molar-refractivity contribution in [2.24, 2.45) is 0 Å². The van der Waals surface area contributed by atoms with E-state index in [9.17, 15) is 14.4 Å². The number of thiazole rings is 1. The number of nitrogens with one attached hydrogen (secondary N) is 2. The van der Waals surface area contributed by atoms with E-state index in [1.54, 1.807) is 16.3 Å². The van der Waals surface area contributed by atoms with Gasteiger partial charge in [0.05, 0.1) is 23.5 Å². The number of carbonyl (C=O) groups is 3. The molecule has 1 fully saturated rings. The van der Waals surface area contributed by atoms with Crippen molar-refractivity contribution in [2.45, 2.75) is 6.42 Å². The summed E-state index contributed by atoms with van der Waals surface area (Å²) >= 11 is 2.61. The number of benzene rings is 1. The number of amides is 3. The van der Waals surface area contributed by atoms with Crippen LogP contribution in [0.25, 0.3) is 0 Å². The molecule has 1 aromatic carbocycles. The van der Waals surface area contributed by atoms with E-state index < -0.39 is 0 Å². The molecule has 0 atom stereocenters. The zero-order valence-electron chi connectivity index (χ0n) is 17.3. The summed E-state index contributed by atoms with van der Waals surface area (Å²) in [6.45, 7) is 2.76. The van der Waals surface area contributed by atoms with Crippen LogP contribution in [0.5, 0.6) is 0 Å². The molecular weight excluding hydrogens is 446 g/mol. The molecule has 0 saturated carbocycles. The minimum Gasteiger partial charge on any atom is -0.368 e. The number of nitrogens with zero attached hydrogens (tertiary/aromatic N) is 3. The molecule has 3 heterocycles. The molecule has 2 N–H and O–H groups in total. The van der Waals surface area contributed by atoms with E-state index in [-0.39, 0.29) is 30.7 Å². The Morgan fingerprint density at radius 2 is 1.75 bits per heavy atom. The highest BCUT2D eigenvalue weighted by Gasteiger charge is 2.21. The highest BCUT2D eigenvalue weighted by Crippen LogP contribution is 2.18. The summed E-state index contributed by atoms with van der Waals surface area (Å²) in [6.07, 6.45) is 0.0560. The molecule has 3 aromatic rings. The van der Waals surface area contributed by atoms with Gasteiger partial charge < -0.3 is 15.1 Å². The van der Waals surface area contributed by atoms with E-state index in [0.717, 1.165) is 18.8 Å². The first-order valence-electron chi connectivity index (χ1n) is 10.2. The smallest absolute Gasteiger partial charge is 0.267 e. The van der Waals surface area contributed by atoms with E-state index in [0.29, 0.717) is 28.8 Å². The fraction of sp³-hybridized carbons (Fsp3) is 0.273. The van der Waals surface area contributed by atoms with Gasteiger partial charge in [0.1, 0.15) is 0 Å². The highest BCUT2D eigenvalue weighted by atomic mass is 32.1. The minimum absolute atomic E-state index is 0.0315. The number of piperazine rings is 1. The third kappa shape index (κ3) is 5.71. The number of hydrogen-bond donors (Lipinski definition) is 2. The predicted molar refractivity (Wildman–Crippen MR) is 126 cm³/mol. The normalized spacial score (nSPS) is 13.6. The topological polar surface area (TPSA) is 94.6 Å². The van der Waals surface area contributed by atoms with Crippen molar-refractivity contribution < 1.29 is 14.4 Å². The van der Waals surface area contributed by atoms with Crippen LogP contribution in [0.4, 0.5) is 10.8 Å². The largest absolute Gasteiger partial charge is 0.368 e. The zero-order chi connectivity index (χ0) is 22.3. The fourth-order valence-electron chi connectivity index (χ4n) is 3.38. The second-order valence-corrected chi connectivity index (χ2v) is 9.04. The molecular formula is C22H23N5O3S2. The van der Waals surface area contributed by atoms with Crippen LogP contribution in [0.15, 0.2) is 53.2 Å². The number of para-hydroxylation sites is 1. The molecule has 10 heteroatoms. The number of hydrogen-bond acceptors (Lipinski definition) is 7. The van der Waals surface area contributed by atoms with E-state index in [4.69, 9.17) is 0 Å². The summed E-state index contributed by atoms with van der Waals surface area (Å²) in [6, 6.07) is 13.7. The van der Waals surface area contributed by atoms with Gasteiger partial charge in [-0.15, -0.1) is 22.7 Å². The maximum Gasteiger partial charge on any atom is 0.267 e. The monoisotopic (exact) mass is 469 g/mol. The molecule has 0 radical (unpaired) electrons. The molecule has 0 unspecified atom stereocenters. The molecule has 8 nitrogen and oxygen atoms in total. The molecule has 3 amide bonds. The van der Waals surface area contributed by atoms with Gasteiger partial charge in [-0.1, -0.05) is 24.3 Å². The summed E-state index contributed by atoms with van der Waals surface area (Å²) in [5, 5.41) is 9.41. The van der Waals surface area contributed by atoms with E-state index in [1.807, 2.05) is 29.6 Å². The van der Waals surface area contributed by atoms with Gasteiger partial charge in [0.2, 0.25) is 11.8 Å². The van der Waals surface area contributed by atoms with Crippen molar-refractivity contribution in [1.29, 1.82) is 0 Å². The van der Waals surface area contributed by atoms with E-state index in [1.165, 1.54) is 22.7 Å². The summed E-state index contributed by atoms with van der Waals surface area (Å²) in [7, 11) is 0. The second kappa shape index (κ2) is 10.4. The molecule has 1 aliphatic rings. The van der Waals surface area contributed by atoms with Gasteiger partial charge in [0.15, 0.2) is 5.13 Å². The van der Waals surface area contributed by atoms with Crippen molar-refractivity contribution in [3.63, 3.8) is 0 Å². The Morgan fingerprint density at radius 1 is 0.969 bits per heavy atom. The van der Waals surface area contributed by atoms with Gasteiger partial charge >= 0.3 is 0 Å². The Morgan fingerprint density at radius 3 is 2.47 bits per heavy atom. The lowest BCUT2D eigenvalue weighted by Crippen LogP contribution is -2.51. The van der Waals surface area contributed by atoms with Crippen molar-refractivity contribution in [2.75, 3.05) is 42.9 Å². The Hall–Kier alpha value is -3.24. The third-order valence-electron chi connectivity index (χ3n) is 5.05. The number of rotatable bonds is 7. The molecule has 0 spiro atoms. The molecule has 2 aromatic heterocycles. The van der Waals surface area contributed by atoms with Crippen LogP contribution < -0.4 is 15.5 Å². The van der Waals surface area contributed by atoms with Crippen molar-refractivity contribution in [1.82, 2.24) is 15.2 Å². The maximum absolute atomic E-state index is 12.5. The van der Waals surface area contributed by atoms with Crippen LogP contribution in [0.2, 0.25) is 0 Å². The first-order chi connectivity index (χ1) is 15.6. The first-order valence-corrected chi connectivity index (χ1v) is 12.0. The standard InChI is InChI=1S/C22H23N5O3S2/c28-19(13-16-15-32-22(24-16)25-21(30)18-7-4-12-31-18)23-14-20(29)27-10-8-26(9-11-27)17-5-2-1-3-6-17/h1-7,12,15H,8-11,13-14H2,(H,23,28)(H,24,25,30). The quantitative estimate of drug-likeness (QED) is 0.554. The third-order valence-corrected chi connectivity index (χ3v) is 6.72. The maximum atomic E-state index is 12.5. The Balaban J connectivity index is 1.19. The molecule has 1 saturated heterocycles. The predicted octanol–water partition coefficient (Wildman–Crippen LogP) is 2.46. The Kier molecular flexibility index (Phi) is 7.13. The summed E-state index contributed by atoms with van der Waals surface area (Å²) < 4.78 is 0. The van der Waals surface area contributed by atoms with Gasteiger partial charge in [-0.2, -0.15) is 0 Å². The average Bonchev–Trinajstić information content (AvgIpc) is 3.51. The minimum atomic E-state index is -0.275. The first kappa shape index (κ1) is 22.0.